The second kappa shape index (κ2) is 7.84. The molecule has 2 aromatic carbocycles. The van der Waals surface area contributed by atoms with Crippen molar-refractivity contribution in [2.45, 2.75) is 6.92 Å². The molecular formula is C19H15Si. The Labute approximate surface area is 122 Å². The lowest BCUT2D eigenvalue weighted by Crippen LogP contribution is -2.03. The van der Waals surface area contributed by atoms with E-state index in [9.17, 15) is 0 Å². The summed E-state index contributed by atoms with van der Waals surface area (Å²) >= 11 is 0. The molecule has 0 unspecified atom stereocenters. The van der Waals surface area contributed by atoms with E-state index in [4.69, 9.17) is 0 Å². The zero-order valence-corrected chi connectivity index (χ0v) is 12.4. The first kappa shape index (κ1) is 13.9. The van der Waals surface area contributed by atoms with Gasteiger partial charge in [-0.25, -0.2) is 0 Å². The van der Waals surface area contributed by atoms with Crippen molar-refractivity contribution in [1.29, 1.82) is 0 Å². The standard InChI is InChI=1S/C19H15Si/c1-2-15-20(16-13-18-9-5-3-6-10-18)17-14-19-11-7-4-8-12-19/h2-12,15H,1H3. The summed E-state index contributed by atoms with van der Waals surface area (Å²) in [5, 5.41) is 0. The average Bonchev–Trinajstić information content (AvgIpc) is 2.52. The number of benzene rings is 2. The first-order valence-electron chi connectivity index (χ1n) is 6.52. The number of rotatable bonds is 1. The Kier molecular flexibility index (Phi) is 5.47. The Bertz CT molecular complexity index is 619. The molecule has 95 valence electrons. The summed E-state index contributed by atoms with van der Waals surface area (Å²) < 4.78 is 0. The molecule has 0 nitrogen and oxygen atoms in total. The largest absolute Gasteiger partial charge is 0.260 e. The van der Waals surface area contributed by atoms with Crippen LogP contribution in [0.4, 0.5) is 0 Å². The molecule has 0 aliphatic carbocycles. The molecule has 2 aromatic rings. The maximum absolute atomic E-state index is 3.30. The first-order chi connectivity index (χ1) is 9.88. The van der Waals surface area contributed by atoms with E-state index in [-0.39, 0.29) is 0 Å². The van der Waals surface area contributed by atoms with Gasteiger partial charge in [-0.1, -0.05) is 60.0 Å². The second-order valence-electron chi connectivity index (χ2n) is 4.15. The molecule has 0 bridgehead atoms. The number of allylic oxidation sites excluding steroid dienone is 1. The lowest BCUT2D eigenvalue weighted by atomic mass is 10.2. The summed E-state index contributed by atoms with van der Waals surface area (Å²) in [7, 11) is -1.09. The van der Waals surface area contributed by atoms with Crippen molar-refractivity contribution in [1.82, 2.24) is 0 Å². The highest BCUT2D eigenvalue weighted by Gasteiger charge is 1.98. The van der Waals surface area contributed by atoms with Gasteiger partial charge >= 0.3 is 0 Å². The molecule has 0 fully saturated rings. The SMILES string of the molecule is CC=C[Si](C#Cc1ccccc1)C#Cc1ccccc1. The van der Waals surface area contributed by atoms with Gasteiger partial charge < -0.3 is 0 Å². The monoisotopic (exact) mass is 271 g/mol. The topological polar surface area (TPSA) is 0 Å². The first-order valence-corrected chi connectivity index (χ1v) is 8.10. The zero-order valence-electron chi connectivity index (χ0n) is 11.4. The highest BCUT2D eigenvalue weighted by molar-refractivity contribution is 6.80. The molecule has 0 aliphatic rings. The van der Waals surface area contributed by atoms with E-state index in [1.807, 2.05) is 73.7 Å². The highest BCUT2D eigenvalue weighted by Crippen LogP contribution is 1.97. The van der Waals surface area contributed by atoms with Crippen LogP contribution in [0.5, 0.6) is 0 Å². The van der Waals surface area contributed by atoms with E-state index in [0.29, 0.717) is 0 Å². The fourth-order valence-electron chi connectivity index (χ4n) is 1.60. The van der Waals surface area contributed by atoms with Crippen molar-refractivity contribution in [2.75, 3.05) is 0 Å². The Morgan fingerprint density at radius 2 is 1.20 bits per heavy atom. The van der Waals surface area contributed by atoms with Crippen LogP contribution in [0, 0.1) is 22.9 Å². The minimum absolute atomic E-state index is 1.04. The fraction of sp³-hybridized carbons (Fsp3) is 0.0526. The van der Waals surface area contributed by atoms with Crippen LogP contribution in [0.25, 0.3) is 0 Å². The average molecular weight is 271 g/mol. The van der Waals surface area contributed by atoms with Crippen molar-refractivity contribution in [3.05, 3.63) is 83.6 Å². The van der Waals surface area contributed by atoms with Crippen LogP contribution in [-0.4, -0.2) is 8.80 Å². The number of hydrogen-bond donors (Lipinski definition) is 0. The van der Waals surface area contributed by atoms with Crippen LogP contribution >= 0.6 is 0 Å². The lowest BCUT2D eigenvalue weighted by Gasteiger charge is -1.91. The van der Waals surface area contributed by atoms with Gasteiger partial charge in [0.25, 0.3) is 8.80 Å². The predicted octanol–water partition coefficient (Wildman–Crippen LogP) is 3.78. The van der Waals surface area contributed by atoms with Gasteiger partial charge in [-0.3, -0.25) is 0 Å². The quantitative estimate of drug-likeness (QED) is 0.547. The van der Waals surface area contributed by atoms with Crippen LogP contribution in [0.3, 0.4) is 0 Å². The molecular weight excluding hydrogens is 256 g/mol. The van der Waals surface area contributed by atoms with Crippen molar-refractivity contribution in [2.24, 2.45) is 0 Å². The molecule has 0 heterocycles. The molecule has 0 amide bonds. The third-order valence-corrected chi connectivity index (χ3v) is 4.02. The summed E-state index contributed by atoms with van der Waals surface area (Å²) in [4.78, 5) is 0. The molecule has 0 aliphatic heterocycles. The molecule has 0 N–H and O–H groups in total. The van der Waals surface area contributed by atoms with Crippen LogP contribution in [0.15, 0.2) is 72.4 Å². The Hall–Kier alpha value is -2.48. The van der Waals surface area contributed by atoms with Gasteiger partial charge in [0.05, 0.1) is 0 Å². The van der Waals surface area contributed by atoms with Gasteiger partial charge in [-0.05, 0) is 31.2 Å². The third kappa shape index (κ3) is 4.65. The van der Waals surface area contributed by atoms with Crippen molar-refractivity contribution < 1.29 is 0 Å². The van der Waals surface area contributed by atoms with E-state index < -0.39 is 8.80 Å². The highest BCUT2D eigenvalue weighted by atomic mass is 28.3. The van der Waals surface area contributed by atoms with Gasteiger partial charge in [-0.2, -0.15) is 0 Å². The zero-order chi connectivity index (χ0) is 14.0. The van der Waals surface area contributed by atoms with Crippen LogP contribution in [0.2, 0.25) is 0 Å². The fourth-order valence-corrected chi connectivity index (χ4v) is 2.72. The van der Waals surface area contributed by atoms with E-state index in [1.54, 1.807) is 0 Å². The molecule has 0 atom stereocenters. The van der Waals surface area contributed by atoms with Crippen LogP contribution in [-0.2, 0) is 0 Å². The summed E-state index contributed by atoms with van der Waals surface area (Å²) in [6.45, 7) is 2.01. The summed E-state index contributed by atoms with van der Waals surface area (Å²) in [5.74, 6) is 6.41. The van der Waals surface area contributed by atoms with E-state index in [0.717, 1.165) is 11.1 Å². The molecule has 1 heteroatoms. The van der Waals surface area contributed by atoms with E-state index in [1.165, 1.54) is 0 Å². The van der Waals surface area contributed by atoms with Gasteiger partial charge in [0.1, 0.15) is 0 Å². The van der Waals surface area contributed by atoms with Gasteiger partial charge in [0.2, 0.25) is 0 Å². The van der Waals surface area contributed by atoms with Gasteiger partial charge in [0, 0.05) is 11.1 Å². The molecule has 0 saturated carbocycles. The summed E-state index contributed by atoms with van der Waals surface area (Å²) in [5.41, 5.74) is 10.8. The minimum atomic E-state index is -1.09. The van der Waals surface area contributed by atoms with E-state index >= 15 is 0 Å². The Morgan fingerprint density at radius 3 is 1.60 bits per heavy atom. The smallest absolute Gasteiger partial charge is 0.106 e. The third-order valence-electron chi connectivity index (χ3n) is 2.56. The van der Waals surface area contributed by atoms with Gasteiger partial charge in [-0.15, -0.1) is 11.1 Å². The maximum atomic E-state index is 3.30. The molecule has 1 radical (unpaired) electrons. The normalized spacial score (nSPS) is 9.70. The molecule has 0 saturated heterocycles. The summed E-state index contributed by atoms with van der Waals surface area (Å²) in [6.07, 6.45) is 2.04. The second-order valence-corrected chi connectivity index (χ2v) is 5.81. The van der Waals surface area contributed by atoms with Crippen molar-refractivity contribution in [3.63, 3.8) is 0 Å². The Morgan fingerprint density at radius 1 is 0.750 bits per heavy atom. The van der Waals surface area contributed by atoms with Crippen molar-refractivity contribution >= 4 is 8.80 Å². The summed E-state index contributed by atoms with van der Waals surface area (Å²) in [6, 6.07) is 20.1. The van der Waals surface area contributed by atoms with Crippen LogP contribution in [0.1, 0.15) is 18.1 Å². The minimum Gasteiger partial charge on any atom is -0.106 e. The van der Waals surface area contributed by atoms with Crippen molar-refractivity contribution in [3.8, 4) is 22.9 Å². The maximum Gasteiger partial charge on any atom is 0.260 e. The molecule has 2 rings (SSSR count). The number of hydrogen-bond acceptors (Lipinski definition) is 0. The molecule has 20 heavy (non-hydrogen) atoms. The molecule has 0 aromatic heterocycles. The lowest BCUT2D eigenvalue weighted by molar-refractivity contribution is 1.65. The van der Waals surface area contributed by atoms with E-state index in [2.05, 4.69) is 28.6 Å². The molecule has 0 spiro atoms. The van der Waals surface area contributed by atoms with Crippen LogP contribution < -0.4 is 0 Å². The Balaban J connectivity index is 2.17. The van der Waals surface area contributed by atoms with Gasteiger partial charge in [0.15, 0.2) is 0 Å². The predicted molar refractivity (Wildman–Crippen MR) is 87.2 cm³/mol.